The molecule has 5 rings (SSSR count). The summed E-state index contributed by atoms with van der Waals surface area (Å²) in [5.41, 5.74) is 5.93. The molecule has 5 fully saturated rings. The van der Waals surface area contributed by atoms with Crippen molar-refractivity contribution in [2.24, 2.45) is 34.8 Å². The molecule has 2 amide bonds. The molecule has 0 spiro atoms. The average Bonchev–Trinajstić information content (AvgIpc) is 3.00. The van der Waals surface area contributed by atoms with Gasteiger partial charge in [-0.25, -0.2) is 0 Å². The van der Waals surface area contributed by atoms with Gasteiger partial charge in [-0.05, 0) is 80.6 Å². The molecule has 0 aromatic heterocycles. The second-order valence-electron chi connectivity index (χ2n) is 9.10. The van der Waals surface area contributed by atoms with Crippen LogP contribution in [0.2, 0.25) is 0 Å². The molecule has 1 aliphatic heterocycles. The van der Waals surface area contributed by atoms with Crippen LogP contribution in [0.15, 0.2) is 0 Å². The third-order valence-electron chi connectivity index (χ3n) is 7.11. The predicted octanol–water partition coefficient (Wildman–Crippen LogP) is 1.94. The third-order valence-corrected chi connectivity index (χ3v) is 7.11. The quantitative estimate of drug-likeness (QED) is 0.777. The molecule has 1 saturated heterocycles. The van der Waals surface area contributed by atoms with Gasteiger partial charge in [0.2, 0.25) is 11.8 Å². The molecule has 1 heterocycles. The van der Waals surface area contributed by atoms with Crippen LogP contribution in [0.3, 0.4) is 0 Å². The van der Waals surface area contributed by atoms with E-state index in [-0.39, 0.29) is 36.2 Å². The van der Waals surface area contributed by atoms with Crippen LogP contribution in [-0.4, -0.2) is 42.9 Å². The number of carbonyl (C=O) groups is 2. The van der Waals surface area contributed by atoms with Gasteiger partial charge in [-0.15, -0.1) is 12.4 Å². The minimum Gasteiger partial charge on any atom is -0.347 e. The highest BCUT2D eigenvalue weighted by Crippen LogP contribution is 2.61. The Labute approximate surface area is 156 Å². The van der Waals surface area contributed by atoms with Gasteiger partial charge < -0.3 is 16.0 Å². The van der Waals surface area contributed by atoms with E-state index in [2.05, 4.69) is 5.32 Å². The molecule has 3 N–H and O–H groups in total. The second kappa shape index (κ2) is 7.43. The van der Waals surface area contributed by atoms with Crippen LogP contribution < -0.4 is 11.1 Å². The van der Waals surface area contributed by atoms with E-state index in [0.29, 0.717) is 18.9 Å². The Morgan fingerprint density at radius 2 is 1.68 bits per heavy atom. The number of amides is 2. The van der Waals surface area contributed by atoms with Gasteiger partial charge in [-0.1, -0.05) is 0 Å². The Bertz CT molecular complexity index is 490. The number of nitrogens with two attached hydrogens (primary N) is 1. The SMILES string of the molecule is Cl.NCC1CCN(C(=O)CNC(=O)CC23CC4CC(CC(C4)C2)C3)C1. The fourth-order valence-electron chi connectivity index (χ4n) is 6.45. The molecule has 4 saturated carbocycles. The van der Waals surface area contributed by atoms with Gasteiger partial charge in [-0.2, -0.15) is 0 Å². The summed E-state index contributed by atoms with van der Waals surface area (Å²) >= 11 is 0. The average molecular weight is 370 g/mol. The van der Waals surface area contributed by atoms with Gasteiger partial charge in [0.1, 0.15) is 0 Å². The summed E-state index contributed by atoms with van der Waals surface area (Å²) in [5.74, 6) is 3.15. The number of hydrogen-bond donors (Lipinski definition) is 2. The van der Waals surface area contributed by atoms with Gasteiger partial charge in [0, 0.05) is 19.5 Å². The smallest absolute Gasteiger partial charge is 0.241 e. The third kappa shape index (κ3) is 3.97. The molecule has 5 nitrogen and oxygen atoms in total. The number of nitrogens with one attached hydrogen (secondary N) is 1. The first-order valence-electron chi connectivity index (χ1n) is 9.80. The monoisotopic (exact) mass is 369 g/mol. The first kappa shape index (κ1) is 19.0. The van der Waals surface area contributed by atoms with E-state index in [1.54, 1.807) is 0 Å². The molecule has 1 atom stereocenters. The number of hydrogen-bond acceptors (Lipinski definition) is 3. The van der Waals surface area contributed by atoms with Crippen LogP contribution in [0, 0.1) is 29.1 Å². The number of likely N-dealkylation sites (tertiary alicyclic amines) is 1. The zero-order valence-corrected chi connectivity index (χ0v) is 15.9. The summed E-state index contributed by atoms with van der Waals surface area (Å²) in [5, 5.41) is 2.91. The van der Waals surface area contributed by atoms with Crippen molar-refractivity contribution < 1.29 is 9.59 Å². The number of rotatable bonds is 5. The van der Waals surface area contributed by atoms with Crippen LogP contribution >= 0.6 is 12.4 Å². The van der Waals surface area contributed by atoms with Crippen molar-refractivity contribution in [1.82, 2.24) is 10.2 Å². The number of nitrogens with zero attached hydrogens (tertiary/aromatic N) is 1. The Morgan fingerprint density at radius 3 is 2.20 bits per heavy atom. The molecular formula is C19H32ClN3O2. The molecule has 1 unspecified atom stereocenters. The highest BCUT2D eigenvalue weighted by Gasteiger charge is 2.51. The zero-order valence-electron chi connectivity index (χ0n) is 15.0. The van der Waals surface area contributed by atoms with Crippen molar-refractivity contribution >= 4 is 24.2 Å². The number of halogens is 1. The van der Waals surface area contributed by atoms with E-state index in [1.165, 1.54) is 38.5 Å². The minimum atomic E-state index is 0. The maximum absolute atomic E-state index is 12.5. The van der Waals surface area contributed by atoms with Crippen molar-refractivity contribution in [2.75, 3.05) is 26.2 Å². The van der Waals surface area contributed by atoms with Gasteiger partial charge in [0.05, 0.1) is 6.54 Å². The van der Waals surface area contributed by atoms with Crippen molar-refractivity contribution in [3.63, 3.8) is 0 Å². The Kier molecular flexibility index (Phi) is 5.64. The Morgan fingerprint density at radius 1 is 1.08 bits per heavy atom. The maximum atomic E-state index is 12.5. The second-order valence-corrected chi connectivity index (χ2v) is 9.10. The minimum absolute atomic E-state index is 0. The lowest BCUT2D eigenvalue weighted by Gasteiger charge is -2.56. The van der Waals surface area contributed by atoms with E-state index >= 15 is 0 Å². The molecule has 25 heavy (non-hydrogen) atoms. The molecule has 0 aromatic rings. The molecule has 142 valence electrons. The molecule has 6 heteroatoms. The van der Waals surface area contributed by atoms with Crippen LogP contribution in [0.5, 0.6) is 0 Å². The van der Waals surface area contributed by atoms with Crippen LogP contribution in [0.4, 0.5) is 0 Å². The lowest BCUT2D eigenvalue weighted by Crippen LogP contribution is -2.48. The summed E-state index contributed by atoms with van der Waals surface area (Å²) in [6.45, 7) is 2.33. The highest BCUT2D eigenvalue weighted by molar-refractivity contribution is 5.85. The van der Waals surface area contributed by atoms with E-state index in [1.807, 2.05) is 4.90 Å². The largest absolute Gasteiger partial charge is 0.347 e. The normalized spacial score (nSPS) is 38.5. The number of carbonyl (C=O) groups excluding carboxylic acids is 2. The summed E-state index contributed by atoms with van der Waals surface area (Å²) in [7, 11) is 0. The lowest BCUT2D eigenvalue weighted by molar-refractivity contribution is -0.135. The van der Waals surface area contributed by atoms with Gasteiger partial charge in [-0.3, -0.25) is 9.59 Å². The molecule has 0 aromatic carbocycles. The zero-order chi connectivity index (χ0) is 16.7. The Balaban J connectivity index is 0.00000182. The molecule has 5 aliphatic rings. The lowest BCUT2D eigenvalue weighted by atomic mass is 9.49. The van der Waals surface area contributed by atoms with E-state index in [4.69, 9.17) is 5.73 Å². The maximum Gasteiger partial charge on any atom is 0.241 e. The van der Waals surface area contributed by atoms with E-state index in [9.17, 15) is 9.59 Å². The summed E-state index contributed by atoms with van der Waals surface area (Å²) in [4.78, 5) is 26.6. The fraction of sp³-hybridized carbons (Fsp3) is 0.895. The molecule has 4 bridgehead atoms. The summed E-state index contributed by atoms with van der Waals surface area (Å²) in [6.07, 6.45) is 9.54. The first-order chi connectivity index (χ1) is 11.5. The topological polar surface area (TPSA) is 75.4 Å². The van der Waals surface area contributed by atoms with Crippen LogP contribution in [0.25, 0.3) is 0 Å². The summed E-state index contributed by atoms with van der Waals surface area (Å²) < 4.78 is 0. The highest BCUT2D eigenvalue weighted by atomic mass is 35.5. The van der Waals surface area contributed by atoms with Gasteiger partial charge >= 0.3 is 0 Å². The van der Waals surface area contributed by atoms with E-state index < -0.39 is 0 Å². The van der Waals surface area contributed by atoms with Crippen LogP contribution in [-0.2, 0) is 9.59 Å². The van der Waals surface area contributed by atoms with E-state index in [0.717, 1.165) is 37.3 Å². The standard InChI is InChI=1S/C19H31N3O2.ClH/c20-10-13-1-2-22(12-13)18(24)11-21-17(23)9-19-6-14-3-15(7-19)5-16(4-14)8-19;/h13-16H,1-12,20H2,(H,21,23);1H. The summed E-state index contributed by atoms with van der Waals surface area (Å²) in [6, 6.07) is 0. The van der Waals surface area contributed by atoms with Crippen molar-refractivity contribution in [3.8, 4) is 0 Å². The molecule has 0 radical (unpaired) electrons. The fourth-order valence-corrected chi connectivity index (χ4v) is 6.45. The van der Waals surface area contributed by atoms with Crippen molar-refractivity contribution in [1.29, 1.82) is 0 Å². The molecular weight excluding hydrogens is 338 g/mol. The van der Waals surface area contributed by atoms with Crippen molar-refractivity contribution in [3.05, 3.63) is 0 Å². The van der Waals surface area contributed by atoms with Crippen molar-refractivity contribution in [2.45, 2.75) is 51.4 Å². The van der Waals surface area contributed by atoms with Gasteiger partial charge in [0.25, 0.3) is 0 Å². The predicted molar refractivity (Wildman–Crippen MR) is 99.2 cm³/mol. The van der Waals surface area contributed by atoms with Crippen LogP contribution in [0.1, 0.15) is 51.4 Å². The molecule has 4 aliphatic carbocycles. The first-order valence-corrected chi connectivity index (χ1v) is 9.80. The van der Waals surface area contributed by atoms with Gasteiger partial charge in [0.15, 0.2) is 0 Å². The Hall–Kier alpha value is -0.810.